The number of hydrogen-bond donors (Lipinski definition) is 1. The largest absolute Gasteiger partial charge is 0.494 e. The third kappa shape index (κ3) is 3.50. The topological polar surface area (TPSA) is 108 Å². The van der Waals surface area contributed by atoms with E-state index in [0.717, 1.165) is 35.1 Å². The summed E-state index contributed by atoms with van der Waals surface area (Å²) >= 11 is 0. The molecule has 1 N–H and O–H groups in total. The quantitative estimate of drug-likeness (QED) is 0.374. The number of aromatic nitrogens is 4. The lowest BCUT2D eigenvalue weighted by Crippen LogP contribution is -2.01. The number of anilines is 2. The molecule has 0 saturated heterocycles. The molecule has 0 saturated carbocycles. The molecule has 0 radical (unpaired) electrons. The third-order valence-corrected chi connectivity index (χ3v) is 4.63. The Morgan fingerprint density at radius 3 is 2.80 bits per heavy atom. The van der Waals surface area contributed by atoms with Gasteiger partial charge in [0.15, 0.2) is 0 Å². The van der Waals surface area contributed by atoms with Gasteiger partial charge in [0, 0.05) is 35.7 Å². The zero-order valence-electron chi connectivity index (χ0n) is 16.2. The van der Waals surface area contributed by atoms with Gasteiger partial charge in [-0.15, -0.1) is 0 Å². The highest BCUT2D eigenvalue weighted by atomic mass is 19.1. The summed E-state index contributed by atoms with van der Waals surface area (Å²) in [5.74, 6) is -0.484. The number of ether oxygens (including phenoxy) is 1. The van der Waals surface area contributed by atoms with Gasteiger partial charge in [-0.05, 0) is 19.1 Å². The van der Waals surface area contributed by atoms with Crippen molar-refractivity contribution in [2.75, 3.05) is 12.4 Å². The monoisotopic (exact) mass is 408 g/mol. The maximum Gasteiger partial charge on any atom is 0.307 e. The molecule has 0 aliphatic carbocycles. The fourth-order valence-electron chi connectivity index (χ4n) is 3.17. The molecule has 0 amide bonds. The van der Waals surface area contributed by atoms with Crippen LogP contribution in [-0.2, 0) is 6.54 Å². The van der Waals surface area contributed by atoms with Crippen molar-refractivity contribution in [1.82, 2.24) is 19.7 Å². The number of aryl methyl sites for hydroxylation is 1. The Morgan fingerprint density at radius 1 is 1.23 bits per heavy atom. The smallest absolute Gasteiger partial charge is 0.307 e. The van der Waals surface area contributed by atoms with Crippen LogP contribution in [0.1, 0.15) is 6.92 Å². The van der Waals surface area contributed by atoms with Gasteiger partial charge in [0.2, 0.25) is 5.82 Å². The summed E-state index contributed by atoms with van der Waals surface area (Å²) in [5.41, 5.74) is 2.09. The second-order valence-electron chi connectivity index (χ2n) is 6.41. The Morgan fingerprint density at radius 2 is 2.07 bits per heavy atom. The van der Waals surface area contributed by atoms with E-state index in [1.807, 2.05) is 29.8 Å². The van der Waals surface area contributed by atoms with Gasteiger partial charge < -0.3 is 10.1 Å². The van der Waals surface area contributed by atoms with Gasteiger partial charge >= 0.3 is 5.69 Å². The van der Waals surface area contributed by atoms with Gasteiger partial charge in [0.1, 0.15) is 17.9 Å². The Balaban J connectivity index is 1.69. The van der Waals surface area contributed by atoms with E-state index < -0.39 is 16.4 Å². The predicted octanol–water partition coefficient (Wildman–Crippen LogP) is 4.31. The maximum atomic E-state index is 13.9. The molecule has 0 fully saturated rings. The molecule has 0 spiro atoms. The molecule has 30 heavy (non-hydrogen) atoms. The maximum absolute atomic E-state index is 13.9. The lowest BCUT2D eigenvalue weighted by Gasteiger charge is -2.11. The van der Waals surface area contributed by atoms with Crippen LogP contribution < -0.4 is 10.1 Å². The Kier molecular flexibility index (Phi) is 4.97. The summed E-state index contributed by atoms with van der Waals surface area (Å²) in [6, 6.07) is 9.61. The molecule has 2 heterocycles. The van der Waals surface area contributed by atoms with Crippen LogP contribution in [0.25, 0.3) is 22.2 Å². The molecule has 4 rings (SSSR count). The van der Waals surface area contributed by atoms with Crippen molar-refractivity contribution in [3.63, 3.8) is 0 Å². The highest BCUT2D eigenvalue weighted by Gasteiger charge is 2.19. The molecule has 4 aromatic rings. The van der Waals surface area contributed by atoms with Gasteiger partial charge in [-0.1, -0.05) is 6.07 Å². The molecular weight excluding hydrogens is 391 g/mol. The second-order valence-corrected chi connectivity index (χ2v) is 6.41. The van der Waals surface area contributed by atoms with Crippen LogP contribution in [0, 0.1) is 15.9 Å². The van der Waals surface area contributed by atoms with Gasteiger partial charge in [-0.3, -0.25) is 14.8 Å². The van der Waals surface area contributed by atoms with Crippen molar-refractivity contribution < 1.29 is 14.1 Å². The van der Waals surface area contributed by atoms with Gasteiger partial charge in [-0.2, -0.15) is 9.49 Å². The molecule has 0 unspecified atom stereocenters. The van der Waals surface area contributed by atoms with Crippen LogP contribution in [0.15, 0.2) is 48.9 Å². The number of benzene rings is 2. The Bertz CT molecular complexity index is 1260. The van der Waals surface area contributed by atoms with E-state index in [9.17, 15) is 14.5 Å². The van der Waals surface area contributed by atoms with Gasteiger partial charge in [-0.25, -0.2) is 9.97 Å². The van der Waals surface area contributed by atoms with E-state index in [4.69, 9.17) is 4.74 Å². The zero-order valence-corrected chi connectivity index (χ0v) is 16.2. The SMILES string of the molecule is CCn1ncc2cc(-c3cc(Nc4cc([N+](=O)[O-])c(F)cc4OC)ncn3)ccc21. The average Bonchev–Trinajstić information content (AvgIpc) is 3.17. The second kappa shape index (κ2) is 7.74. The summed E-state index contributed by atoms with van der Waals surface area (Å²) in [6.45, 7) is 2.80. The number of hydrogen-bond acceptors (Lipinski definition) is 7. The molecule has 0 atom stereocenters. The summed E-state index contributed by atoms with van der Waals surface area (Å²) < 4.78 is 20.9. The molecule has 0 aliphatic rings. The van der Waals surface area contributed by atoms with E-state index in [2.05, 4.69) is 20.4 Å². The predicted molar refractivity (Wildman–Crippen MR) is 109 cm³/mol. The van der Waals surface area contributed by atoms with Crippen molar-refractivity contribution in [1.29, 1.82) is 0 Å². The first-order valence-corrected chi connectivity index (χ1v) is 9.07. The first kappa shape index (κ1) is 19.2. The lowest BCUT2D eigenvalue weighted by atomic mass is 10.1. The van der Waals surface area contributed by atoms with Crippen LogP contribution in [0.5, 0.6) is 5.75 Å². The fraction of sp³-hybridized carbons (Fsp3) is 0.150. The highest BCUT2D eigenvalue weighted by Crippen LogP contribution is 2.34. The van der Waals surface area contributed by atoms with Crippen LogP contribution in [0.2, 0.25) is 0 Å². The summed E-state index contributed by atoms with van der Waals surface area (Å²) in [4.78, 5) is 18.7. The molecule has 2 aromatic heterocycles. The number of halogens is 1. The van der Waals surface area contributed by atoms with Crippen LogP contribution in [0.4, 0.5) is 21.6 Å². The van der Waals surface area contributed by atoms with Crippen molar-refractivity contribution in [2.45, 2.75) is 13.5 Å². The van der Waals surface area contributed by atoms with E-state index in [0.29, 0.717) is 11.5 Å². The highest BCUT2D eigenvalue weighted by molar-refractivity contribution is 5.84. The van der Waals surface area contributed by atoms with E-state index in [1.54, 1.807) is 12.3 Å². The standard InChI is InChI=1S/C20H17FN6O3/c1-3-26-17-5-4-12(6-13(17)10-24-26)15-9-20(23-11-22-15)25-16-8-18(27(28)29)14(21)7-19(16)30-2/h4-11H,3H2,1-2H3,(H,22,23,25). The van der Waals surface area contributed by atoms with E-state index >= 15 is 0 Å². The molecule has 10 heteroatoms. The lowest BCUT2D eigenvalue weighted by molar-refractivity contribution is -0.387. The minimum absolute atomic E-state index is 0.117. The number of fused-ring (bicyclic) bond motifs is 1. The number of nitrogens with one attached hydrogen (secondary N) is 1. The number of rotatable bonds is 6. The molecular formula is C20H17FN6O3. The molecule has 152 valence electrons. The molecule has 0 aliphatic heterocycles. The first-order chi connectivity index (χ1) is 14.5. The van der Waals surface area contributed by atoms with Gasteiger partial charge in [0.25, 0.3) is 0 Å². The van der Waals surface area contributed by atoms with E-state index in [-0.39, 0.29) is 11.4 Å². The first-order valence-electron chi connectivity index (χ1n) is 9.07. The Labute approximate surface area is 170 Å². The zero-order chi connectivity index (χ0) is 21.3. The van der Waals surface area contributed by atoms with Crippen molar-refractivity contribution in [3.8, 4) is 17.0 Å². The minimum atomic E-state index is -0.980. The number of nitro groups is 1. The number of methoxy groups -OCH3 is 1. The van der Waals surface area contributed by atoms with Crippen molar-refractivity contribution in [3.05, 3.63) is 64.9 Å². The average molecular weight is 408 g/mol. The van der Waals surface area contributed by atoms with Gasteiger partial charge in [0.05, 0.1) is 35.1 Å². The Hall–Kier alpha value is -4.08. The fourth-order valence-corrected chi connectivity index (χ4v) is 3.17. The summed E-state index contributed by atoms with van der Waals surface area (Å²) in [5, 5.41) is 19.3. The van der Waals surface area contributed by atoms with Crippen LogP contribution in [-0.4, -0.2) is 31.8 Å². The van der Waals surface area contributed by atoms with Crippen LogP contribution in [0.3, 0.4) is 0 Å². The van der Waals surface area contributed by atoms with E-state index in [1.165, 1.54) is 13.4 Å². The van der Waals surface area contributed by atoms with Crippen molar-refractivity contribution in [2.24, 2.45) is 0 Å². The normalized spacial score (nSPS) is 10.9. The number of nitrogens with zero attached hydrogens (tertiary/aromatic N) is 5. The molecule has 2 aromatic carbocycles. The minimum Gasteiger partial charge on any atom is -0.494 e. The van der Waals surface area contributed by atoms with Crippen molar-refractivity contribution >= 4 is 28.1 Å². The summed E-state index contributed by atoms with van der Waals surface area (Å²) in [6.07, 6.45) is 3.17. The summed E-state index contributed by atoms with van der Waals surface area (Å²) in [7, 11) is 1.35. The molecule has 9 nitrogen and oxygen atoms in total. The third-order valence-electron chi connectivity index (χ3n) is 4.63. The number of nitro benzene ring substituents is 1. The molecule has 0 bridgehead atoms. The van der Waals surface area contributed by atoms with Crippen LogP contribution >= 0.6 is 0 Å².